The van der Waals surface area contributed by atoms with Crippen molar-refractivity contribution >= 4 is 20.7 Å². The molecule has 0 aliphatic carbocycles. The van der Waals surface area contributed by atoms with E-state index in [4.69, 9.17) is 9.84 Å². The van der Waals surface area contributed by atoms with Crippen molar-refractivity contribution in [2.75, 3.05) is 12.9 Å². The number of hydrogen-bond donors (Lipinski definition) is 1. The van der Waals surface area contributed by atoms with Gasteiger partial charge in [-0.15, -0.1) is 0 Å². The second-order valence-electron chi connectivity index (χ2n) is 4.17. The number of aliphatic hydroxyl groups is 1. The van der Waals surface area contributed by atoms with E-state index in [2.05, 4.69) is 4.98 Å². The lowest BCUT2D eigenvalue weighted by molar-refractivity contribution is 0.282. The number of benzene rings is 1. The Hall–Kier alpha value is -1.66. The lowest BCUT2D eigenvalue weighted by Crippen LogP contribution is -2.04. The van der Waals surface area contributed by atoms with Gasteiger partial charge in [0.05, 0.1) is 24.9 Å². The molecular weight excluding hydrogens is 266 g/mol. The van der Waals surface area contributed by atoms with Gasteiger partial charge in [0.1, 0.15) is 10.6 Å². The van der Waals surface area contributed by atoms with E-state index in [1.165, 1.54) is 6.20 Å². The van der Waals surface area contributed by atoms with Gasteiger partial charge in [0.25, 0.3) is 0 Å². The molecule has 2 rings (SSSR count). The summed E-state index contributed by atoms with van der Waals surface area (Å²) in [5.41, 5.74) is 1.31. The Labute approximate surface area is 111 Å². The lowest BCUT2D eigenvalue weighted by Gasteiger charge is -2.12. The van der Waals surface area contributed by atoms with Gasteiger partial charge in [0.15, 0.2) is 9.84 Å². The number of pyridine rings is 1. The van der Waals surface area contributed by atoms with Gasteiger partial charge in [-0.05, 0) is 24.6 Å². The van der Waals surface area contributed by atoms with Crippen LogP contribution in [0.5, 0.6) is 5.75 Å². The Morgan fingerprint density at radius 1 is 1.37 bits per heavy atom. The predicted octanol–water partition coefficient (Wildman–Crippen LogP) is 1.53. The van der Waals surface area contributed by atoms with E-state index < -0.39 is 9.84 Å². The molecule has 2 aromatic rings. The minimum absolute atomic E-state index is 0.0666. The number of hydrogen-bond acceptors (Lipinski definition) is 5. The van der Waals surface area contributed by atoms with Crippen LogP contribution in [-0.4, -0.2) is 31.4 Å². The zero-order chi connectivity index (χ0) is 14.0. The molecule has 1 aromatic heterocycles. The summed E-state index contributed by atoms with van der Waals surface area (Å²) in [5.74, 6) is 0.297. The molecule has 6 heteroatoms. The van der Waals surface area contributed by atoms with Crippen LogP contribution in [0.25, 0.3) is 10.9 Å². The molecule has 0 radical (unpaired) electrons. The maximum atomic E-state index is 11.8. The zero-order valence-corrected chi connectivity index (χ0v) is 11.6. The first kappa shape index (κ1) is 13.8. The maximum Gasteiger partial charge on any atom is 0.180 e. The van der Waals surface area contributed by atoms with Crippen molar-refractivity contribution in [2.24, 2.45) is 0 Å². The van der Waals surface area contributed by atoms with Crippen molar-refractivity contribution in [3.63, 3.8) is 0 Å². The van der Waals surface area contributed by atoms with Crippen molar-refractivity contribution in [1.82, 2.24) is 4.98 Å². The van der Waals surface area contributed by atoms with E-state index >= 15 is 0 Å². The van der Waals surface area contributed by atoms with Gasteiger partial charge in [-0.25, -0.2) is 8.42 Å². The molecule has 0 fully saturated rings. The van der Waals surface area contributed by atoms with Gasteiger partial charge >= 0.3 is 0 Å². The summed E-state index contributed by atoms with van der Waals surface area (Å²) >= 11 is 0. The van der Waals surface area contributed by atoms with E-state index in [0.29, 0.717) is 28.8 Å². The van der Waals surface area contributed by atoms with Crippen LogP contribution in [0.2, 0.25) is 0 Å². The zero-order valence-electron chi connectivity index (χ0n) is 10.8. The van der Waals surface area contributed by atoms with Crippen molar-refractivity contribution in [3.8, 4) is 5.75 Å². The quantitative estimate of drug-likeness (QED) is 0.919. The molecule has 19 heavy (non-hydrogen) atoms. The van der Waals surface area contributed by atoms with Gasteiger partial charge in [0.2, 0.25) is 0 Å². The minimum Gasteiger partial charge on any atom is -0.492 e. The summed E-state index contributed by atoms with van der Waals surface area (Å²) in [7, 11) is -3.42. The molecule has 0 bridgehead atoms. The third-order valence-corrected chi connectivity index (χ3v) is 3.81. The molecule has 1 aromatic carbocycles. The van der Waals surface area contributed by atoms with Crippen LogP contribution in [-0.2, 0) is 16.4 Å². The molecule has 0 aliphatic rings. The summed E-state index contributed by atoms with van der Waals surface area (Å²) in [5, 5.41) is 9.76. The number of aromatic nitrogens is 1. The van der Waals surface area contributed by atoms with Crippen LogP contribution in [0.4, 0.5) is 0 Å². The molecule has 0 aliphatic heterocycles. The number of aliphatic hydroxyl groups excluding tert-OH is 1. The molecule has 0 saturated heterocycles. The summed E-state index contributed by atoms with van der Waals surface area (Å²) in [6, 6.07) is 5.17. The van der Waals surface area contributed by atoms with E-state index in [-0.39, 0.29) is 11.5 Å². The maximum absolute atomic E-state index is 11.8. The van der Waals surface area contributed by atoms with E-state index in [0.717, 1.165) is 6.26 Å². The molecule has 1 heterocycles. The van der Waals surface area contributed by atoms with Crippen molar-refractivity contribution in [2.45, 2.75) is 18.4 Å². The van der Waals surface area contributed by atoms with Crippen LogP contribution >= 0.6 is 0 Å². The van der Waals surface area contributed by atoms with Gasteiger partial charge in [-0.3, -0.25) is 4.98 Å². The van der Waals surface area contributed by atoms with Crippen LogP contribution in [0.15, 0.2) is 29.3 Å². The molecule has 0 spiro atoms. The average molecular weight is 281 g/mol. The third kappa shape index (κ3) is 2.69. The van der Waals surface area contributed by atoms with Crippen LogP contribution in [0.3, 0.4) is 0 Å². The average Bonchev–Trinajstić information content (AvgIpc) is 2.37. The Balaban J connectivity index is 2.82. The fourth-order valence-electron chi connectivity index (χ4n) is 1.85. The van der Waals surface area contributed by atoms with Gasteiger partial charge < -0.3 is 9.84 Å². The number of nitrogens with zero attached hydrogens (tertiary/aromatic N) is 1. The molecule has 0 unspecified atom stereocenters. The van der Waals surface area contributed by atoms with Crippen molar-refractivity contribution in [1.29, 1.82) is 0 Å². The molecule has 0 saturated carbocycles. The summed E-state index contributed by atoms with van der Waals surface area (Å²) in [4.78, 5) is 4.19. The summed E-state index contributed by atoms with van der Waals surface area (Å²) < 4.78 is 29.0. The second kappa shape index (κ2) is 5.14. The molecule has 1 N–H and O–H groups in total. The molecule has 102 valence electrons. The third-order valence-electron chi connectivity index (χ3n) is 2.72. The van der Waals surface area contributed by atoms with E-state index in [1.807, 2.05) is 0 Å². The van der Waals surface area contributed by atoms with Crippen LogP contribution in [0, 0.1) is 0 Å². The minimum atomic E-state index is -3.42. The van der Waals surface area contributed by atoms with Gasteiger partial charge in [-0.2, -0.15) is 0 Å². The van der Waals surface area contributed by atoms with Gasteiger partial charge in [-0.1, -0.05) is 6.07 Å². The predicted molar refractivity (Wildman–Crippen MR) is 71.9 cm³/mol. The highest BCUT2D eigenvalue weighted by Gasteiger charge is 2.18. The Morgan fingerprint density at radius 2 is 2.11 bits per heavy atom. The van der Waals surface area contributed by atoms with Crippen molar-refractivity contribution < 1.29 is 18.3 Å². The Bertz CT molecular complexity index is 710. The lowest BCUT2D eigenvalue weighted by atomic mass is 10.1. The molecule has 0 amide bonds. The van der Waals surface area contributed by atoms with E-state index in [1.54, 1.807) is 25.1 Å². The highest BCUT2D eigenvalue weighted by molar-refractivity contribution is 7.90. The van der Waals surface area contributed by atoms with Crippen LogP contribution in [0.1, 0.15) is 12.5 Å². The highest BCUT2D eigenvalue weighted by atomic mass is 32.2. The monoisotopic (exact) mass is 281 g/mol. The largest absolute Gasteiger partial charge is 0.492 e. The Kier molecular flexibility index (Phi) is 3.73. The topological polar surface area (TPSA) is 76.5 Å². The summed E-state index contributed by atoms with van der Waals surface area (Å²) in [6.45, 7) is 2.02. The molecule has 0 atom stereocenters. The number of fused-ring (bicyclic) bond motifs is 1. The number of sulfone groups is 1. The Morgan fingerprint density at radius 3 is 2.68 bits per heavy atom. The van der Waals surface area contributed by atoms with Crippen molar-refractivity contribution in [3.05, 3.63) is 30.0 Å². The number of ether oxygens (including phenoxy) is 1. The fraction of sp³-hybridized carbons (Fsp3) is 0.308. The molecule has 5 nitrogen and oxygen atoms in total. The second-order valence-corrected chi connectivity index (χ2v) is 6.15. The fourth-order valence-corrected chi connectivity index (χ4v) is 2.60. The standard InChI is InChI=1S/C13H15NO4S/c1-3-18-13-10-6-9(8-15)4-5-11(10)14-7-12(13)19(2,16)17/h4-7,15H,3,8H2,1-2H3. The summed E-state index contributed by atoms with van der Waals surface area (Å²) in [6.07, 6.45) is 2.43. The highest BCUT2D eigenvalue weighted by Crippen LogP contribution is 2.32. The number of rotatable bonds is 4. The first-order chi connectivity index (χ1) is 8.97. The first-order valence-corrected chi connectivity index (χ1v) is 7.72. The SMILES string of the molecule is CCOc1c(S(C)(=O)=O)cnc2ccc(CO)cc12. The first-order valence-electron chi connectivity index (χ1n) is 5.82. The van der Waals surface area contributed by atoms with E-state index in [9.17, 15) is 8.42 Å². The normalized spacial score (nSPS) is 11.7. The molecular formula is C13H15NO4S. The van der Waals surface area contributed by atoms with Crippen LogP contribution < -0.4 is 4.74 Å². The smallest absolute Gasteiger partial charge is 0.180 e. The van der Waals surface area contributed by atoms with Gasteiger partial charge in [0, 0.05) is 11.6 Å².